The van der Waals surface area contributed by atoms with Crippen molar-refractivity contribution in [2.45, 2.75) is 56.2 Å². The number of urea groups is 1. The van der Waals surface area contributed by atoms with Crippen LogP contribution in [-0.2, 0) is 10.0 Å². The molecule has 1 saturated heterocycles. The second-order valence-electron chi connectivity index (χ2n) is 13.5. The molecule has 3 heterocycles. The van der Waals surface area contributed by atoms with E-state index in [-0.39, 0.29) is 11.3 Å². The van der Waals surface area contributed by atoms with Crippen LogP contribution in [0.1, 0.15) is 44.9 Å². The standard InChI is InChI=1S/C31H40N6O3S.CH3NO2/c38-31(33-30-23-16-21-15-22(18-23)19-24(30)17-21)37-14-13-36(27-3-1-2-4-28(27)37)29-8-5-25(20-32-29)34-9-11-35(12-10-34)41(39,40)26-6-7-26;2-1(3)4/h1-5,8,20-24,26,30H,6-7,9-19H2,(H,33,38);2H2,(H,3,4). The summed E-state index contributed by atoms with van der Waals surface area (Å²) < 4.78 is 26.9. The molecule has 13 heteroatoms. The van der Waals surface area contributed by atoms with Crippen molar-refractivity contribution in [2.24, 2.45) is 29.4 Å². The molecule has 7 aliphatic rings. The van der Waals surface area contributed by atoms with Crippen molar-refractivity contribution >= 4 is 45.0 Å². The van der Waals surface area contributed by atoms with Crippen LogP contribution in [-0.4, -0.2) is 85.5 Å². The Bertz CT molecular complexity index is 1490. The monoisotopic (exact) mass is 637 g/mol. The number of para-hydroxylation sites is 2. The van der Waals surface area contributed by atoms with Gasteiger partial charge >= 0.3 is 12.1 Å². The number of aromatic nitrogens is 1. The summed E-state index contributed by atoms with van der Waals surface area (Å²) in [7, 11) is -3.12. The van der Waals surface area contributed by atoms with Crippen LogP contribution < -0.4 is 25.8 Å². The summed E-state index contributed by atoms with van der Waals surface area (Å²) in [5, 5.41) is 10.5. The Balaban J connectivity index is 0.000000770. The second kappa shape index (κ2) is 12.0. The first-order valence-corrected chi connectivity index (χ1v) is 17.8. The third kappa shape index (κ3) is 6.04. The Morgan fingerprint density at radius 1 is 0.844 bits per heavy atom. The smallest absolute Gasteiger partial charge is 0.402 e. The fraction of sp³-hybridized carbons (Fsp3) is 0.594. The summed E-state index contributed by atoms with van der Waals surface area (Å²) in [6, 6.07) is 12.6. The van der Waals surface area contributed by atoms with E-state index in [0.717, 1.165) is 47.6 Å². The molecule has 4 bridgehead atoms. The van der Waals surface area contributed by atoms with Crippen LogP contribution >= 0.6 is 0 Å². The van der Waals surface area contributed by atoms with Crippen molar-refractivity contribution < 1.29 is 23.1 Å². The quantitative estimate of drug-likeness (QED) is 0.448. The number of nitrogens with zero attached hydrogens (tertiary/aromatic N) is 5. The molecule has 2 aliphatic heterocycles. The predicted molar refractivity (Wildman–Crippen MR) is 172 cm³/mol. The lowest BCUT2D eigenvalue weighted by molar-refractivity contribution is -0.00911. The van der Waals surface area contributed by atoms with Crippen molar-refractivity contribution in [2.75, 3.05) is 54.0 Å². The molecule has 1 aromatic carbocycles. The van der Waals surface area contributed by atoms with Gasteiger partial charge in [-0.2, -0.15) is 4.31 Å². The van der Waals surface area contributed by atoms with Crippen LogP contribution in [0, 0.1) is 23.7 Å². The maximum absolute atomic E-state index is 13.7. The highest BCUT2D eigenvalue weighted by atomic mass is 32.2. The molecule has 5 saturated carbocycles. The highest BCUT2D eigenvalue weighted by Gasteiger charge is 2.49. The number of carbonyl (C=O) groups is 2. The van der Waals surface area contributed by atoms with Crippen LogP contribution in [0.4, 0.5) is 32.5 Å². The van der Waals surface area contributed by atoms with E-state index in [0.29, 0.717) is 57.1 Å². The number of nitrogens with one attached hydrogen (secondary N) is 1. The van der Waals surface area contributed by atoms with Gasteiger partial charge in [0, 0.05) is 45.3 Å². The van der Waals surface area contributed by atoms with Crippen molar-refractivity contribution in [1.29, 1.82) is 0 Å². The molecule has 0 atom stereocenters. The average Bonchev–Trinajstić information content (AvgIpc) is 3.89. The Morgan fingerprint density at radius 3 is 2.04 bits per heavy atom. The van der Waals surface area contributed by atoms with Gasteiger partial charge in [-0.3, -0.25) is 4.90 Å². The van der Waals surface area contributed by atoms with Gasteiger partial charge in [0.2, 0.25) is 10.0 Å². The van der Waals surface area contributed by atoms with Gasteiger partial charge in [0.05, 0.1) is 28.5 Å². The van der Waals surface area contributed by atoms with Gasteiger partial charge in [0.15, 0.2) is 0 Å². The van der Waals surface area contributed by atoms with E-state index in [1.165, 1.54) is 32.1 Å². The highest BCUT2D eigenvalue weighted by molar-refractivity contribution is 7.90. The molecule has 242 valence electrons. The molecule has 45 heavy (non-hydrogen) atoms. The molecule has 9 rings (SSSR count). The molecule has 6 fully saturated rings. The van der Waals surface area contributed by atoms with Crippen LogP contribution in [0.2, 0.25) is 0 Å². The molecule has 2 aromatic rings. The number of nitrogens with two attached hydrogens (primary N) is 1. The summed E-state index contributed by atoms with van der Waals surface area (Å²) >= 11 is 0. The molecule has 3 amide bonds. The zero-order chi connectivity index (χ0) is 31.3. The summed E-state index contributed by atoms with van der Waals surface area (Å²) in [6.45, 7) is 3.69. The van der Waals surface area contributed by atoms with Crippen LogP contribution in [0.3, 0.4) is 0 Å². The molecular formula is C32H43N7O5S. The number of primary amides is 1. The van der Waals surface area contributed by atoms with Crippen molar-refractivity contribution in [3.05, 3.63) is 42.6 Å². The summed E-state index contributed by atoms with van der Waals surface area (Å²) in [5.74, 6) is 3.95. The van der Waals surface area contributed by atoms with E-state index in [9.17, 15) is 13.2 Å². The van der Waals surface area contributed by atoms with Gasteiger partial charge in [-0.25, -0.2) is 23.0 Å². The number of sulfonamides is 1. The number of carboxylic acid groups (broad SMARTS) is 1. The number of hydrogen-bond donors (Lipinski definition) is 3. The Morgan fingerprint density at radius 2 is 1.47 bits per heavy atom. The summed E-state index contributed by atoms with van der Waals surface area (Å²) in [5.41, 5.74) is 6.97. The van der Waals surface area contributed by atoms with Crippen molar-refractivity contribution in [1.82, 2.24) is 14.6 Å². The zero-order valence-corrected chi connectivity index (χ0v) is 26.3. The van der Waals surface area contributed by atoms with Gasteiger partial charge in [-0.05, 0) is 92.9 Å². The lowest BCUT2D eigenvalue weighted by atomic mass is 9.54. The number of anilines is 4. The average molecular weight is 638 g/mol. The number of rotatable bonds is 5. The van der Waals surface area contributed by atoms with E-state index >= 15 is 0 Å². The minimum absolute atomic E-state index is 0.0423. The molecule has 5 aliphatic carbocycles. The molecule has 0 spiro atoms. The van der Waals surface area contributed by atoms with Gasteiger partial charge < -0.3 is 26.0 Å². The number of amides is 3. The maximum Gasteiger partial charge on any atom is 0.402 e. The first-order chi connectivity index (χ1) is 21.7. The molecule has 4 N–H and O–H groups in total. The van der Waals surface area contributed by atoms with E-state index in [2.05, 4.69) is 33.0 Å². The predicted octanol–water partition coefficient (Wildman–Crippen LogP) is 3.81. The van der Waals surface area contributed by atoms with E-state index in [1.54, 1.807) is 4.31 Å². The summed E-state index contributed by atoms with van der Waals surface area (Å²) in [4.78, 5) is 33.6. The third-order valence-corrected chi connectivity index (χ3v) is 13.1. The number of benzene rings is 1. The van der Waals surface area contributed by atoms with Crippen LogP contribution in [0.5, 0.6) is 0 Å². The largest absolute Gasteiger partial charge is 0.465 e. The normalized spacial score (nSPS) is 29.1. The number of fused-ring (bicyclic) bond motifs is 1. The van der Waals surface area contributed by atoms with E-state index in [1.807, 2.05) is 35.4 Å². The second-order valence-corrected chi connectivity index (χ2v) is 15.8. The maximum atomic E-state index is 13.7. The fourth-order valence-corrected chi connectivity index (χ4v) is 10.5. The minimum Gasteiger partial charge on any atom is -0.465 e. The van der Waals surface area contributed by atoms with Crippen molar-refractivity contribution in [3.63, 3.8) is 0 Å². The molecule has 0 unspecified atom stereocenters. The highest BCUT2D eigenvalue weighted by Crippen LogP contribution is 2.53. The molecular weight excluding hydrogens is 594 g/mol. The van der Waals surface area contributed by atoms with Gasteiger partial charge in [-0.1, -0.05) is 12.1 Å². The van der Waals surface area contributed by atoms with Crippen LogP contribution in [0.15, 0.2) is 42.6 Å². The lowest BCUT2D eigenvalue weighted by Gasteiger charge is -2.54. The first kappa shape index (κ1) is 30.1. The van der Waals surface area contributed by atoms with Crippen LogP contribution in [0.25, 0.3) is 0 Å². The van der Waals surface area contributed by atoms with Crippen molar-refractivity contribution in [3.8, 4) is 0 Å². The third-order valence-electron chi connectivity index (χ3n) is 10.7. The minimum atomic E-state index is -3.12. The topological polar surface area (TPSA) is 152 Å². The number of piperazine rings is 1. The Labute approximate surface area is 264 Å². The van der Waals surface area contributed by atoms with E-state index < -0.39 is 16.1 Å². The number of hydrogen-bond acceptors (Lipinski definition) is 7. The summed E-state index contributed by atoms with van der Waals surface area (Å²) in [6.07, 6.45) is 8.75. The number of pyridine rings is 1. The molecule has 0 radical (unpaired) electrons. The SMILES string of the molecule is NC(=O)O.O=C(NC1C2CC3CC(C2)CC1C3)N1CCN(c2ccc(N3CCN(S(=O)(=O)C4CC4)CC3)cn2)c2ccccc21. The fourth-order valence-electron chi connectivity index (χ4n) is 8.69. The molecule has 12 nitrogen and oxygen atoms in total. The lowest BCUT2D eigenvalue weighted by Crippen LogP contribution is -2.59. The number of carbonyl (C=O) groups excluding carboxylic acids is 1. The molecule has 1 aromatic heterocycles. The van der Waals surface area contributed by atoms with E-state index in [4.69, 9.17) is 14.9 Å². The van der Waals surface area contributed by atoms with Gasteiger partial charge in [0.25, 0.3) is 0 Å². The zero-order valence-electron chi connectivity index (χ0n) is 25.5. The first-order valence-electron chi connectivity index (χ1n) is 16.3. The van der Waals surface area contributed by atoms with Gasteiger partial charge in [0.1, 0.15) is 5.82 Å². The Kier molecular flexibility index (Phi) is 8.01. The van der Waals surface area contributed by atoms with Gasteiger partial charge in [-0.15, -0.1) is 0 Å². The Hall–Kier alpha value is -3.58.